The maximum absolute atomic E-state index is 10.9. The zero-order valence-electron chi connectivity index (χ0n) is 15.6. The Labute approximate surface area is 158 Å². The molecule has 0 aliphatic heterocycles. The number of rotatable bonds is 9. The zero-order valence-corrected chi connectivity index (χ0v) is 15.6. The number of allylic oxidation sites excluding steroid dienone is 2. The van der Waals surface area contributed by atoms with Crippen LogP contribution in [0.2, 0.25) is 0 Å². The molecule has 0 unspecified atom stereocenters. The van der Waals surface area contributed by atoms with E-state index < -0.39 is 4.92 Å². The van der Waals surface area contributed by atoms with Gasteiger partial charge in [-0.2, -0.15) is 0 Å². The summed E-state index contributed by atoms with van der Waals surface area (Å²) >= 11 is 0. The molecule has 1 N–H and O–H groups in total. The van der Waals surface area contributed by atoms with E-state index in [1.54, 1.807) is 13.2 Å². The van der Waals surface area contributed by atoms with Crippen molar-refractivity contribution < 1.29 is 24.2 Å². The van der Waals surface area contributed by atoms with Crippen molar-refractivity contribution >= 4 is 5.69 Å². The molecule has 0 amide bonds. The SMILES string of the molecule is CC/C=C(\Cc1ccc(OC)c(Oc2ccc([N+](=O)[O-])cc2CO)c1)OC. The highest BCUT2D eigenvalue weighted by Gasteiger charge is 2.14. The van der Waals surface area contributed by atoms with Crippen molar-refractivity contribution in [2.45, 2.75) is 26.4 Å². The van der Waals surface area contributed by atoms with E-state index in [0.29, 0.717) is 29.2 Å². The van der Waals surface area contributed by atoms with Crippen LogP contribution in [0.5, 0.6) is 17.2 Å². The fourth-order valence-corrected chi connectivity index (χ4v) is 2.59. The molecule has 7 nitrogen and oxygen atoms in total. The lowest BCUT2D eigenvalue weighted by Gasteiger charge is -2.14. The molecule has 0 saturated heterocycles. The summed E-state index contributed by atoms with van der Waals surface area (Å²) < 4.78 is 16.6. The molecule has 0 radical (unpaired) electrons. The monoisotopic (exact) mass is 373 g/mol. The summed E-state index contributed by atoms with van der Waals surface area (Å²) in [5.74, 6) is 2.14. The van der Waals surface area contributed by atoms with Crippen LogP contribution in [0.1, 0.15) is 24.5 Å². The summed E-state index contributed by atoms with van der Waals surface area (Å²) in [4.78, 5) is 10.4. The van der Waals surface area contributed by atoms with Crippen LogP contribution in [0.3, 0.4) is 0 Å². The molecule has 27 heavy (non-hydrogen) atoms. The number of benzene rings is 2. The van der Waals surface area contributed by atoms with E-state index in [-0.39, 0.29) is 12.3 Å². The quantitative estimate of drug-likeness (QED) is 0.399. The van der Waals surface area contributed by atoms with Gasteiger partial charge in [-0.3, -0.25) is 10.1 Å². The molecule has 2 rings (SSSR count). The van der Waals surface area contributed by atoms with Gasteiger partial charge in [0.1, 0.15) is 5.75 Å². The first-order chi connectivity index (χ1) is 13.0. The van der Waals surface area contributed by atoms with Crippen molar-refractivity contribution in [3.8, 4) is 17.2 Å². The van der Waals surface area contributed by atoms with Gasteiger partial charge in [0.2, 0.25) is 0 Å². The minimum Gasteiger partial charge on any atom is -0.501 e. The van der Waals surface area contributed by atoms with Crippen molar-refractivity contribution in [3.05, 3.63) is 69.5 Å². The molecule has 0 bridgehead atoms. The van der Waals surface area contributed by atoms with Gasteiger partial charge in [-0.1, -0.05) is 13.0 Å². The predicted octanol–water partition coefficient (Wildman–Crippen LogP) is 4.37. The Hall–Kier alpha value is -3.06. The van der Waals surface area contributed by atoms with Crippen LogP contribution in [0, 0.1) is 10.1 Å². The number of hydrogen-bond donors (Lipinski definition) is 1. The summed E-state index contributed by atoms with van der Waals surface area (Å²) in [6.45, 7) is 1.65. The summed E-state index contributed by atoms with van der Waals surface area (Å²) in [5.41, 5.74) is 1.17. The third-order valence-corrected chi connectivity index (χ3v) is 3.95. The normalized spacial score (nSPS) is 11.2. The fourth-order valence-electron chi connectivity index (χ4n) is 2.59. The second-order valence-electron chi connectivity index (χ2n) is 5.75. The van der Waals surface area contributed by atoms with Crippen molar-refractivity contribution in [1.82, 2.24) is 0 Å². The van der Waals surface area contributed by atoms with Crippen LogP contribution >= 0.6 is 0 Å². The predicted molar refractivity (Wildman–Crippen MR) is 101 cm³/mol. The number of nitro benzene ring substituents is 1. The van der Waals surface area contributed by atoms with Gasteiger partial charge in [0.05, 0.1) is 31.5 Å². The first-order valence-corrected chi connectivity index (χ1v) is 8.48. The Morgan fingerprint density at radius 3 is 2.48 bits per heavy atom. The number of ether oxygens (including phenoxy) is 3. The molecule has 0 aliphatic carbocycles. The lowest BCUT2D eigenvalue weighted by Crippen LogP contribution is -1.98. The standard InChI is InChI=1S/C20H23NO6/c1-4-5-17(25-2)10-14-6-8-19(26-3)20(11-14)27-18-9-7-16(21(23)24)12-15(18)13-22/h5-9,11-12,22H,4,10,13H2,1-3H3/b17-5+. The number of nitrogens with zero attached hydrogens (tertiary/aromatic N) is 1. The maximum Gasteiger partial charge on any atom is 0.270 e. The van der Waals surface area contributed by atoms with E-state index in [1.165, 1.54) is 25.3 Å². The first-order valence-electron chi connectivity index (χ1n) is 8.48. The van der Waals surface area contributed by atoms with Gasteiger partial charge in [-0.05, 0) is 36.3 Å². The Kier molecular flexibility index (Phi) is 7.19. The summed E-state index contributed by atoms with van der Waals surface area (Å²) in [6.07, 6.45) is 3.47. The minimum atomic E-state index is -0.517. The molecule has 0 saturated carbocycles. The van der Waals surface area contributed by atoms with Crippen LogP contribution < -0.4 is 9.47 Å². The molecule has 0 fully saturated rings. The van der Waals surface area contributed by atoms with Crippen molar-refractivity contribution in [2.75, 3.05) is 14.2 Å². The molecule has 0 spiro atoms. The Balaban J connectivity index is 2.36. The molecular formula is C20H23NO6. The van der Waals surface area contributed by atoms with Gasteiger partial charge < -0.3 is 19.3 Å². The summed E-state index contributed by atoms with van der Waals surface area (Å²) in [5, 5.41) is 20.4. The molecule has 0 heterocycles. The van der Waals surface area contributed by atoms with Crippen LogP contribution in [-0.2, 0) is 17.8 Å². The molecule has 0 aliphatic rings. The molecular weight excluding hydrogens is 350 g/mol. The zero-order chi connectivity index (χ0) is 19.8. The van der Waals surface area contributed by atoms with Gasteiger partial charge in [-0.25, -0.2) is 0 Å². The highest BCUT2D eigenvalue weighted by molar-refractivity contribution is 5.50. The number of hydrogen-bond acceptors (Lipinski definition) is 6. The van der Waals surface area contributed by atoms with E-state index in [9.17, 15) is 15.2 Å². The van der Waals surface area contributed by atoms with Crippen LogP contribution in [0.25, 0.3) is 0 Å². The highest BCUT2D eigenvalue weighted by atomic mass is 16.6. The fraction of sp³-hybridized carbons (Fsp3) is 0.300. The van der Waals surface area contributed by atoms with Gasteiger partial charge in [0.25, 0.3) is 5.69 Å². The smallest absolute Gasteiger partial charge is 0.270 e. The molecule has 0 aromatic heterocycles. The van der Waals surface area contributed by atoms with Gasteiger partial charge in [0.15, 0.2) is 11.5 Å². The van der Waals surface area contributed by atoms with Crippen LogP contribution in [0.15, 0.2) is 48.2 Å². The number of nitro groups is 1. The van der Waals surface area contributed by atoms with Gasteiger partial charge >= 0.3 is 0 Å². The minimum absolute atomic E-state index is 0.110. The number of methoxy groups -OCH3 is 2. The summed E-state index contributed by atoms with van der Waals surface area (Å²) in [6, 6.07) is 9.61. The largest absolute Gasteiger partial charge is 0.501 e. The number of aliphatic hydroxyl groups excluding tert-OH is 1. The van der Waals surface area contributed by atoms with Crippen LogP contribution in [-0.4, -0.2) is 24.2 Å². The van der Waals surface area contributed by atoms with Crippen molar-refractivity contribution in [1.29, 1.82) is 0 Å². The lowest BCUT2D eigenvalue weighted by atomic mass is 10.1. The number of non-ortho nitro benzene ring substituents is 1. The molecule has 0 atom stereocenters. The Morgan fingerprint density at radius 1 is 1.15 bits per heavy atom. The third-order valence-electron chi connectivity index (χ3n) is 3.95. The Morgan fingerprint density at radius 2 is 1.89 bits per heavy atom. The average molecular weight is 373 g/mol. The van der Waals surface area contributed by atoms with E-state index in [1.807, 2.05) is 25.1 Å². The van der Waals surface area contributed by atoms with E-state index in [4.69, 9.17) is 14.2 Å². The van der Waals surface area contributed by atoms with Crippen LogP contribution in [0.4, 0.5) is 5.69 Å². The van der Waals surface area contributed by atoms with E-state index >= 15 is 0 Å². The van der Waals surface area contributed by atoms with Crippen molar-refractivity contribution in [2.24, 2.45) is 0 Å². The molecule has 2 aromatic carbocycles. The molecule has 7 heteroatoms. The third kappa shape index (κ3) is 5.21. The lowest BCUT2D eigenvalue weighted by molar-refractivity contribution is -0.385. The van der Waals surface area contributed by atoms with Gasteiger partial charge in [-0.15, -0.1) is 0 Å². The van der Waals surface area contributed by atoms with Gasteiger partial charge in [0, 0.05) is 24.1 Å². The first kappa shape index (κ1) is 20.3. The Bertz CT molecular complexity index is 831. The highest BCUT2D eigenvalue weighted by Crippen LogP contribution is 2.35. The average Bonchev–Trinajstić information content (AvgIpc) is 2.68. The van der Waals surface area contributed by atoms with Crippen molar-refractivity contribution in [3.63, 3.8) is 0 Å². The summed E-state index contributed by atoms with van der Waals surface area (Å²) in [7, 11) is 3.16. The molecule has 144 valence electrons. The second-order valence-corrected chi connectivity index (χ2v) is 5.75. The maximum atomic E-state index is 10.9. The topological polar surface area (TPSA) is 91.1 Å². The van der Waals surface area contributed by atoms with E-state index in [2.05, 4.69) is 0 Å². The molecule has 2 aromatic rings. The van der Waals surface area contributed by atoms with E-state index in [0.717, 1.165) is 17.7 Å². The second kappa shape index (κ2) is 9.59. The number of aliphatic hydroxyl groups is 1.